The van der Waals surface area contributed by atoms with Crippen LogP contribution in [-0.2, 0) is 16.6 Å². The Morgan fingerprint density at radius 3 is 2.42 bits per heavy atom. The average molecular weight is 449 g/mol. The second kappa shape index (κ2) is 10.6. The first kappa shape index (κ1) is 24.7. The molecule has 1 N–H and O–H groups in total. The van der Waals surface area contributed by atoms with E-state index in [2.05, 4.69) is 12.2 Å². The molecule has 0 unspecified atom stereocenters. The van der Waals surface area contributed by atoms with Gasteiger partial charge in [0.25, 0.3) is 5.91 Å². The molecule has 0 saturated carbocycles. The molecule has 0 aliphatic carbocycles. The van der Waals surface area contributed by atoms with E-state index in [-0.39, 0.29) is 17.3 Å². The minimum Gasteiger partial charge on any atom is -0.493 e. The number of sulfonamides is 1. The Morgan fingerprint density at radius 1 is 1.10 bits per heavy atom. The van der Waals surface area contributed by atoms with Gasteiger partial charge in [-0.05, 0) is 61.2 Å². The van der Waals surface area contributed by atoms with Crippen molar-refractivity contribution in [1.29, 1.82) is 0 Å². The highest BCUT2D eigenvalue weighted by atomic mass is 32.2. The summed E-state index contributed by atoms with van der Waals surface area (Å²) in [6.45, 7) is 6.52. The number of aryl methyl sites for hydroxylation is 1. The van der Waals surface area contributed by atoms with E-state index in [0.29, 0.717) is 29.2 Å². The van der Waals surface area contributed by atoms with E-state index in [1.807, 2.05) is 18.2 Å². The van der Waals surface area contributed by atoms with E-state index in [0.717, 1.165) is 28.3 Å². The number of unbranched alkanes of at least 4 members (excludes halogenated alkanes) is 1. The zero-order valence-corrected chi connectivity index (χ0v) is 19.9. The molecule has 0 heterocycles. The fraction of sp³-hybridized carbons (Fsp3) is 0.435. The van der Waals surface area contributed by atoms with Gasteiger partial charge in [-0.25, -0.2) is 12.7 Å². The number of methoxy groups -OCH3 is 1. The van der Waals surface area contributed by atoms with E-state index in [9.17, 15) is 13.2 Å². The number of nitrogens with zero attached hydrogens (tertiary/aromatic N) is 1. The number of carbonyl (C=O) groups is 1. The zero-order valence-electron chi connectivity index (χ0n) is 19.1. The van der Waals surface area contributed by atoms with E-state index < -0.39 is 10.0 Å². The van der Waals surface area contributed by atoms with Gasteiger partial charge in [-0.1, -0.05) is 19.4 Å². The lowest BCUT2D eigenvalue weighted by Crippen LogP contribution is -2.26. The van der Waals surface area contributed by atoms with Crippen LogP contribution in [0.4, 0.5) is 0 Å². The van der Waals surface area contributed by atoms with Gasteiger partial charge >= 0.3 is 0 Å². The SMILES string of the molecule is CCCCOc1ccc(CNC(=O)c2cc(C)c(C)c(S(=O)(=O)N(C)C)c2)cc1OC. The van der Waals surface area contributed by atoms with Gasteiger partial charge in [-0.15, -0.1) is 0 Å². The molecule has 31 heavy (non-hydrogen) atoms. The second-order valence-corrected chi connectivity index (χ2v) is 9.69. The maximum Gasteiger partial charge on any atom is 0.251 e. The number of nitrogens with one attached hydrogen (secondary N) is 1. The molecule has 2 aromatic rings. The van der Waals surface area contributed by atoms with Gasteiger partial charge in [-0.3, -0.25) is 4.79 Å². The summed E-state index contributed by atoms with van der Waals surface area (Å²) in [5, 5.41) is 2.85. The van der Waals surface area contributed by atoms with Crippen molar-refractivity contribution in [3.63, 3.8) is 0 Å². The van der Waals surface area contributed by atoms with Crippen LogP contribution in [0.15, 0.2) is 35.2 Å². The third-order valence-electron chi connectivity index (χ3n) is 5.08. The lowest BCUT2D eigenvalue weighted by Gasteiger charge is -2.17. The van der Waals surface area contributed by atoms with Crippen molar-refractivity contribution < 1.29 is 22.7 Å². The fourth-order valence-electron chi connectivity index (χ4n) is 2.97. The van der Waals surface area contributed by atoms with Crippen molar-refractivity contribution in [2.24, 2.45) is 0 Å². The van der Waals surface area contributed by atoms with Crippen LogP contribution in [0.3, 0.4) is 0 Å². The molecule has 0 aliphatic rings. The molecular formula is C23H32N2O5S. The van der Waals surface area contributed by atoms with Crippen molar-refractivity contribution >= 4 is 15.9 Å². The number of ether oxygens (including phenoxy) is 2. The lowest BCUT2D eigenvalue weighted by atomic mass is 10.1. The van der Waals surface area contributed by atoms with E-state index >= 15 is 0 Å². The summed E-state index contributed by atoms with van der Waals surface area (Å²) in [6, 6.07) is 8.65. The maximum absolute atomic E-state index is 12.8. The topological polar surface area (TPSA) is 84.9 Å². The number of benzene rings is 2. The van der Waals surface area contributed by atoms with E-state index in [4.69, 9.17) is 9.47 Å². The average Bonchev–Trinajstić information content (AvgIpc) is 2.74. The van der Waals surface area contributed by atoms with Crippen LogP contribution in [0, 0.1) is 13.8 Å². The smallest absolute Gasteiger partial charge is 0.251 e. The van der Waals surface area contributed by atoms with Gasteiger partial charge in [0.2, 0.25) is 10.0 Å². The van der Waals surface area contributed by atoms with Gasteiger partial charge in [0.15, 0.2) is 11.5 Å². The van der Waals surface area contributed by atoms with Gasteiger partial charge in [-0.2, -0.15) is 0 Å². The Morgan fingerprint density at radius 2 is 1.81 bits per heavy atom. The van der Waals surface area contributed by atoms with Crippen molar-refractivity contribution in [3.05, 3.63) is 52.6 Å². The van der Waals surface area contributed by atoms with Crippen LogP contribution in [0.25, 0.3) is 0 Å². The number of hydrogen-bond acceptors (Lipinski definition) is 5. The monoisotopic (exact) mass is 448 g/mol. The quantitative estimate of drug-likeness (QED) is 0.561. The van der Waals surface area contributed by atoms with Gasteiger partial charge in [0, 0.05) is 26.2 Å². The van der Waals surface area contributed by atoms with Crippen molar-refractivity contribution in [2.45, 2.75) is 45.1 Å². The fourth-order valence-corrected chi connectivity index (χ4v) is 4.19. The second-order valence-electron chi connectivity index (χ2n) is 7.57. The minimum absolute atomic E-state index is 0.137. The molecule has 2 aromatic carbocycles. The molecule has 0 aromatic heterocycles. The molecule has 7 nitrogen and oxygen atoms in total. The Balaban J connectivity index is 2.18. The normalized spacial score (nSPS) is 11.5. The molecule has 0 aliphatic heterocycles. The minimum atomic E-state index is -3.65. The molecule has 8 heteroatoms. The third-order valence-corrected chi connectivity index (χ3v) is 7.02. The molecular weight excluding hydrogens is 416 g/mol. The Labute approximate surface area is 185 Å². The summed E-state index contributed by atoms with van der Waals surface area (Å²) in [5.41, 5.74) is 2.52. The Kier molecular flexibility index (Phi) is 8.47. The standard InChI is InChI=1S/C23H32N2O5S/c1-7-8-11-30-20-10-9-18(13-21(20)29-6)15-24-23(26)19-12-16(2)17(3)22(14-19)31(27,28)25(4)5/h9-10,12-14H,7-8,11,15H2,1-6H3,(H,24,26). The summed E-state index contributed by atoms with van der Waals surface area (Å²) >= 11 is 0. The molecule has 0 saturated heterocycles. The van der Waals surface area contributed by atoms with Crippen molar-refractivity contribution in [2.75, 3.05) is 27.8 Å². The molecule has 0 atom stereocenters. The third kappa shape index (κ3) is 5.98. The first-order valence-corrected chi connectivity index (χ1v) is 11.7. The first-order chi connectivity index (χ1) is 14.6. The number of hydrogen-bond donors (Lipinski definition) is 1. The zero-order chi connectivity index (χ0) is 23.2. The van der Waals surface area contributed by atoms with Crippen LogP contribution in [-0.4, -0.2) is 46.4 Å². The van der Waals surface area contributed by atoms with Gasteiger partial charge in [0.05, 0.1) is 18.6 Å². The highest BCUT2D eigenvalue weighted by Crippen LogP contribution is 2.28. The Hall–Kier alpha value is -2.58. The highest BCUT2D eigenvalue weighted by Gasteiger charge is 2.23. The van der Waals surface area contributed by atoms with Crippen LogP contribution in [0.5, 0.6) is 11.5 Å². The molecule has 0 spiro atoms. The van der Waals surface area contributed by atoms with Gasteiger partial charge < -0.3 is 14.8 Å². The summed E-state index contributed by atoms with van der Waals surface area (Å²) in [4.78, 5) is 12.9. The van der Waals surface area contributed by atoms with Crippen LogP contribution in [0.1, 0.15) is 46.8 Å². The van der Waals surface area contributed by atoms with Crippen LogP contribution < -0.4 is 14.8 Å². The maximum atomic E-state index is 12.8. The molecule has 170 valence electrons. The number of carbonyl (C=O) groups excluding carboxylic acids is 1. The van der Waals surface area contributed by atoms with E-state index in [1.165, 1.54) is 20.2 Å². The van der Waals surface area contributed by atoms with Crippen molar-refractivity contribution in [3.8, 4) is 11.5 Å². The molecule has 0 bridgehead atoms. The summed E-state index contributed by atoms with van der Waals surface area (Å²) in [6.07, 6.45) is 2.00. The lowest BCUT2D eigenvalue weighted by molar-refractivity contribution is 0.0950. The first-order valence-electron chi connectivity index (χ1n) is 10.2. The number of rotatable bonds is 10. The highest BCUT2D eigenvalue weighted by molar-refractivity contribution is 7.89. The largest absolute Gasteiger partial charge is 0.493 e. The van der Waals surface area contributed by atoms with Crippen LogP contribution >= 0.6 is 0 Å². The molecule has 0 fully saturated rings. The summed E-state index contributed by atoms with van der Waals surface area (Å²) < 4.78 is 37.5. The van der Waals surface area contributed by atoms with E-state index in [1.54, 1.807) is 27.0 Å². The Bertz CT molecular complexity index is 1030. The van der Waals surface area contributed by atoms with Crippen molar-refractivity contribution in [1.82, 2.24) is 9.62 Å². The van der Waals surface area contributed by atoms with Crippen LogP contribution in [0.2, 0.25) is 0 Å². The molecule has 1 amide bonds. The molecule has 0 radical (unpaired) electrons. The summed E-state index contributed by atoms with van der Waals surface area (Å²) in [7, 11) is 0.866. The van der Waals surface area contributed by atoms with Gasteiger partial charge in [0.1, 0.15) is 0 Å². The predicted octanol–water partition coefficient (Wildman–Crippen LogP) is 3.67. The predicted molar refractivity (Wildman–Crippen MR) is 121 cm³/mol. The number of amides is 1. The molecule has 2 rings (SSSR count). The summed E-state index contributed by atoms with van der Waals surface area (Å²) in [5.74, 6) is 0.924.